The second-order valence-electron chi connectivity index (χ2n) is 21.9. The first-order valence-corrected chi connectivity index (χ1v) is 28.2. The summed E-state index contributed by atoms with van der Waals surface area (Å²) in [5.74, 6) is -1.25. The van der Waals surface area contributed by atoms with Gasteiger partial charge in [-0.15, -0.1) is 11.3 Å². The van der Waals surface area contributed by atoms with Gasteiger partial charge in [0.1, 0.15) is 0 Å². The van der Waals surface area contributed by atoms with Gasteiger partial charge in [-0.05, 0) is 155 Å². The Kier molecular flexibility index (Phi) is 14.3. The summed E-state index contributed by atoms with van der Waals surface area (Å²) in [6.07, 6.45) is 15.9. The Morgan fingerprint density at radius 2 is 1.07 bits per heavy atom. The Bertz CT molecular complexity index is 3140. The summed E-state index contributed by atoms with van der Waals surface area (Å²) in [6, 6.07) is 52.7. The van der Waals surface area contributed by atoms with Gasteiger partial charge in [0.25, 0.3) is 5.91 Å². The fourth-order valence-electron chi connectivity index (χ4n) is 12.4. The molecule has 0 atom stereocenters. The van der Waals surface area contributed by atoms with Crippen LogP contribution in [0.5, 0.6) is 0 Å². The number of hydrogen-bond donors (Lipinski definition) is 1. The molecule has 10 rings (SSSR count). The van der Waals surface area contributed by atoms with Crippen LogP contribution in [0.4, 0.5) is 22.7 Å². The quantitative estimate of drug-likeness (QED) is 0.0820. The van der Waals surface area contributed by atoms with Crippen molar-refractivity contribution in [3.63, 3.8) is 0 Å². The van der Waals surface area contributed by atoms with Gasteiger partial charge in [0.15, 0.2) is 0 Å². The summed E-state index contributed by atoms with van der Waals surface area (Å²) in [4.78, 5) is 30.3. The van der Waals surface area contributed by atoms with E-state index >= 15 is 0 Å². The minimum absolute atomic E-state index is 0.0425. The van der Waals surface area contributed by atoms with Crippen molar-refractivity contribution in [2.45, 2.75) is 136 Å². The highest BCUT2D eigenvalue weighted by Crippen LogP contribution is 2.58. The monoisotopic (exact) mass is 998 g/mol. The summed E-state index contributed by atoms with van der Waals surface area (Å²) < 4.78 is 0. The van der Waals surface area contributed by atoms with E-state index in [1.165, 1.54) is 98.7 Å². The Balaban J connectivity index is 1.07. The number of anilines is 4. The molecule has 0 saturated heterocycles. The van der Waals surface area contributed by atoms with Crippen LogP contribution in [-0.2, 0) is 15.6 Å². The summed E-state index contributed by atoms with van der Waals surface area (Å²) in [5, 5.41) is 15.7. The maximum Gasteiger partial charge on any atom is 0.335 e. The van der Waals surface area contributed by atoms with E-state index in [1.807, 2.05) is 6.08 Å². The van der Waals surface area contributed by atoms with E-state index in [9.17, 15) is 14.7 Å². The fraction of sp³-hybridized carbons (Fsp3) is 0.328. The number of benzene rings is 6. The number of amides is 1. The number of nitrogens with zero attached hydrogens (tertiary/aromatic N) is 3. The Labute approximate surface area is 443 Å². The maximum atomic E-state index is 14.1. The number of carboxylic acid groups (broad SMARTS) is 1. The topological polar surface area (TPSA) is 73.2 Å². The van der Waals surface area contributed by atoms with Crippen molar-refractivity contribution in [2.24, 2.45) is 10.5 Å². The lowest BCUT2D eigenvalue weighted by Crippen LogP contribution is -2.26. The fourth-order valence-corrected chi connectivity index (χ4v) is 13.3. The average Bonchev–Trinajstić information content (AvgIpc) is 4.17. The van der Waals surface area contributed by atoms with Crippen molar-refractivity contribution >= 4 is 57.8 Å². The molecule has 0 unspecified atom stereocenters. The van der Waals surface area contributed by atoms with Gasteiger partial charge in [-0.3, -0.25) is 4.79 Å². The van der Waals surface area contributed by atoms with Gasteiger partial charge in [0.2, 0.25) is 0 Å². The molecule has 1 N–H and O–H groups in total. The number of hydrogen-bond acceptors (Lipinski definition) is 5. The van der Waals surface area contributed by atoms with Gasteiger partial charge < -0.3 is 10.0 Å². The largest absolute Gasteiger partial charge is 0.478 e. The molecule has 2 heterocycles. The molecule has 2 aliphatic carbocycles. The predicted octanol–water partition coefficient (Wildman–Crippen LogP) is 18.7. The first-order chi connectivity index (χ1) is 35.8. The molecule has 1 aromatic heterocycles. The Morgan fingerprint density at radius 3 is 1.54 bits per heavy atom. The van der Waals surface area contributed by atoms with E-state index in [1.54, 1.807) is 23.5 Å². The standard InChI is InChI=1S/C67H71N3O3S/c1-8-12-38-66(39-13-9-2)57-22-18-16-20-52(57)54-35-32-49(42-59(54)66)69(50-33-36-55-53-21-17-19-23-58(53)67(40-14-10-3,41-15-11-4)60(55)43-50)47-28-24-45(25-29-47)61-37-34-51(74-61)44-56-62(65(5,6)7)68-70(63(56)71)48-30-26-46(27-31-48)64(72)73/h16-37,42-44H,8-15,38-41H2,1-7H3,(H,72,73)/b56-44-. The normalized spacial score (nSPS) is 15.5. The van der Waals surface area contributed by atoms with Crippen molar-refractivity contribution in [1.82, 2.24) is 0 Å². The van der Waals surface area contributed by atoms with Crippen molar-refractivity contribution in [2.75, 3.05) is 9.91 Å². The number of thiophene rings is 1. The van der Waals surface area contributed by atoms with Crippen LogP contribution in [0.25, 0.3) is 38.8 Å². The Hall–Kier alpha value is -6.83. The van der Waals surface area contributed by atoms with E-state index in [4.69, 9.17) is 5.10 Å². The molecule has 1 aliphatic heterocycles. The van der Waals surface area contributed by atoms with Gasteiger partial charge in [-0.1, -0.05) is 173 Å². The van der Waals surface area contributed by atoms with Crippen molar-refractivity contribution in [1.29, 1.82) is 0 Å². The maximum absolute atomic E-state index is 14.1. The number of hydrazone groups is 1. The summed E-state index contributed by atoms with van der Waals surface area (Å²) >= 11 is 1.66. The zero-order valence-corrected chi connectivity index (χ0v) is 45.2. The molecular weight excluding hydrogens is 927 g/mol. The van der Waals surface area contributed by atoms with Gasteiger partial charge in [-0.2, -0.15) is 10.1 Å². The molecule has 74 heavy (non-hydrogen) atoms. The molecule has 3 aliphatic rings. The zero-order chi connectivity index (χ0) is 51.8. The van der Waals surface area contributed by atoms with Crippen molar-refractivity contribution in [3.05, 3.63) is 184 Å². The first-order valence-electron chi connectivity index (χ1n) is 27.3. The third kappa shape index (κ3) is 9.05. The highest BCUT2D eigenvalue weighted by molar-refractivity contribution is 7.16. The van der Waals surface area contributed by atoms with Crippen LogP contribution in [0.1, 0.15) is 163 Å². The second-order valence-corrected chi connectivity index (χ2v) is 23.1. The molecule has 0 fully saturated rings. The van der Waals surface area contributed by atoms with E-state index in [-0.39, 0.29) is 22.3 Å². The smallest absolute Gasteiger partial charge is 0.335 e. The third-order valence-corrected chi connectivity index (χ3v) is 17.2. The predicted molar refractivity (Wildman–Crippen MR) is 311 cm³/mol. The van der Waals surface area contributed by atoms with Crippen LogP contribution in [-0.4, -0.2) is 22.7 Å². The Morgan fingerprint density at radius 1 is 0.595 bits per heavy atom. The molecule has 0 bridgehead atoms. The molecule has 6 nitrogen and oxygen atoms in total. The molecular formula is C67H71N3O3S. The van der Waals surface area contributed by atoms with Gasteiger partial charge in [-0.25, -0.2) is 4.79 Å². The first kappa shape index (κ1) is 50.7. The van der Waals surface area contributed by atoms with Crippen LogP contribution in [0, 0.1) is 5.41 Å². The van der Waals surface area contributed by atoms with E-state index in [2.05, 4.69) is 175 Å². The van der Waals surface area contributed by atoms with Crippen LogP contribution in [0.15, 0.2) is 156 Å². The summed E-state index contributed by atoms with van der Waals surface area (Å²) in [6.45, 7) is 15.5. The van der Waals surface area contributed by atoms with Crippen LogP contribution < -0.4 is 9.91 Å². The van der Waals surface area contributed by atoms with Crippen molar-refractivity contribution < 1.29 is 14.7 Å². The lowest BCUT2D eigenvalue weighted by Gasteiger charge is -2.35. The molecule has 0 spiro atoms. The van der Waals surface area contributed by atoms with Crippen LogP contribution in [0.3, 0.4) is 0 Å². The van der Waals surface area contributed by atoms with Gasteiger partial charge >= 0.3 is 5.97 Å². The molecule has 378 valence electrons. The van der Waals surface area contributed by atoms with Gasteiger partial charge in [0, 0.05) is 43.1 Å². The molecule has 1 amide bonds. The minimum atomic E-state index is -1.02. The lowest BCUT2D eigenvalue weighted by atomic mass is 9.70. The highest BCUT2D eigenvalue weighted by atomic mass is 32.1. The van der Waals surface area contributed by atoms with Gasteiger partial charge in [0.05, 0.1) is 22.5 Å². The third-order valence-electron chi connectivity index (χ3n) is 16.1. The second kappa shape index (κ2) is 20.8. The number of carboxylic acids is 1. The number of rotatable bonds is 19. The van der Waals surface area contributed by atoms with E-state index < -0.39 is 11.4 Å². The summed E-state index contributed by atoms with van der Waals surface area (Å²) in [7, 11) is 0. The molecule has 7 aromatic rings. The minimum Gasteiger partial charge on any atom is -0.478 e. The highest BCUT2D eigenvalue weighted by Gasteiger charge is 2.44. The lowest BCUT2D eigenvalue weighted by molar-refractivity contribution is -0.114. The van der Waals surface area contributed by atoms with Crippen LogP contribution >= 0.6 is 11.3 Å². The number of aromatic carboxylic acids is 1. The number of carbonyl (C=O) groups is 2. The number of carbonyl (C=O) groups excluding carboxylic acids is 1. The van der Waals surface area contributed by atoms with Crippen LogP contribution in [0.2, 0.25) is 0 Å². The summed E-state index contributed by atoms with van der Waals surface area (Å²) in [5.41, 5.74) is 17.4. The zero-order valence-electron chi connectivity index (χ0n) is 44.4. The molecule has 0 radical (unpaired) electrons. The molecule has 6 aromatic carbocycles. The average molecular weight is 998 g/mol. The number of unbranched alkanes of at least 4 members (excludes halogenated alkanes) is 4. The SMILES string of the molecule is CCCCC1(CCCC)c2ccccc2-c2ccc(N(c3ccc(-c4ccc(/C=C5\C(=O)N(c6ccc(C(=O)O)cc6)N=C5C(C)(C)C)s4)cc3)c3ccc4c(c3)C(CCCC)(CCCC)c3ccccc3-4)cc21. The molecule has 0 saturated carbocycles. The van der Waals surface area contributed by atoms with E-state index in [0.29, 0.717) is 17.0 Å². The number of fused-ring (bicyclic) bond motifs is 6. The molecule has 7 heteroatoms. The van der Waals surface area contributed by atoms with E-state index in [0.717, 1.165) is 72.4 Å². The van der Waals surface area contributed by atoms with Crippen molar-refractivity contribution in [3.8, 4) is 32.7 Å².